The van der Waals surface area contributed by atoms with Gasteiger partial charge >= 0.3 is 5.97 Å². The summed E-state index contributed by atoms with van der Waals surface area (Å²) in [5.41, 5.74) is 0.298. The van der Waals surface area contributed by atoms with Gasteiger partial charge in [-0.25, -0.2) is 4.79 Å². The molecule has 0 saturated carbocycles. The van der Waals surface area contributed by atoms with Gasteiger partial charge in [0.15, 0.2) is 0 Å². The molecule has 0 radical (unpaired) electrons. The predicted octanol–water partition coefficient (Wildman–Crippen LogP) is 2.62. The predicted molar refractivity (Wildman–Crippen MR) is 78.2 cm³/mol. The van der Waals surface area contributed by atoms with Gasteiger partial charge in [-0.15, -0.1) is 0 Å². The average Bonchev–Trinajstić information content (AvgIpc) is 2.62. The van der Waals surface area contributed by atoms with Crippen molar-refractivity contribution in [3.8, 4) is 0 Å². The fraction of sp³-hybridized carbons (Fsp3) is 0.438. The van der Waals surface area contributed by atoms with Gasteiger partial charge in [-0.1, -0.05) is 19.9 Å². The minimum atomic E-state index is -1.07. The second-order valence-electron chi connectivity index (χ2n) is 6.09. The molecule has 2 amide bonds. The van der Waals surface area contributed by atoms with Crippen LogP contribution in [0.25, 0.3) is 0 Å². The molecule has 1 heterocycles. The third-order valence-electron chi connectivity index (χ3n) is 4.44. The summed E-state index contributed by atoms with van der Waals surface area (Å²) in [5, 5.41) is 9.17. The van der Waals surface area contributed by atoms with Crippen molar-refractivity contribution >= 4 is 23.5 Å². The molecule has 0 aromatic heterocycles. The third-order valence-corrected chi connectivity index (χ3v) is 4.44. The van der Waals surface area contributed by atoms with E-state index in [1.165, 1.54) is 6.07 Å². The Hall–Kier alpha value is -2.17. The summed E-state index contributed by atoms with van der Waals surface area (Å²) in [6.45, 7) is 7.28. The Morgan fingerprint density at radius 3 is 2.43 bits per heavy atom. The number of amides is 2. The first kappa shape index (κ1) is 15.2. The highest BCUT2D eigenvalue weighted by Crippen LogP contribution is 2.41. The Labute approximate surface area is 123 Å². The molecular weight excluding hydrogens is 270 g/mol. The number of benzene rings is 1. The van der Waals surface area contributed by atoms with Crippen LogP contribution in [0, 0.1) is 18.3 Å². The highest BCUT2D eigenvalue weighted by atomic mass is 16.4. The third kappa shape index (κ3) is 2.33. The Morgan fingerprint density at radius 2 is 1.95 bits per heavy atom. The van der Waals surface area contributed by atoms with Crippen molar-refractivity contribution in [1.82, 2.24) is 0 Å². The van der Waals surface area contributed by atoms with Crippen LogP contribution in [-0.2, 0) is 9.59 Å². The number of hydrogen-bond acceptors (Lipinski definition) is 3. The van der Waals surface area contributed by atoms with Crippen molar-refractivity contribution in [3.63, 3.8) is 0 Å². The zero-order valence-corrected chi connectivity index (χ0v) is 12.6. The number of hydrogen-bond donors (Lipinski definition) is 1. The average molecular weight is 289 g/mol. The lowest BCUT2D eigenvalue weighted by Gasteiger charge is -2.26. The van der Waals surface area contributed by atoms with Gasteiger partial charge in [0.25, 0.3) is 0 Å². The van der Waals surface area contributed by atoms with Crippen LogP contribution in [0.4, 0.5) is 5.69 Å². The molecule has 1 aromatic rings. The lowest BCUT2D eigenvalue weighted by Crippen LogP contribution is -2.37. The number of carboxylic acids is 1. The van der Waals surface area contributed by atoms with Crippen molar-refractivity contribution in [2.24, 2.45) is 11.3 Å². The van der Waals surface area contributed by atoms with Crippen LogP contribution in [0.1, 0.15) is 43.1 Å². The van der Waals surface area contributed by atoms with Gasteiger partial charge in [0.05, 0.1) is 16.7 Å². The molecular formula is C16H19NO4. The van der Waals surface area contributed by atoms with E-state index in [-0.39, 0.29) is 29.7 Å². The van der Waals surface area contributed by atoms with E-state index in [4.69, 9.17) is 5.11 Å². The highest BCUT2D eigenvalue weighted by molar-refractivity contribution is 6.22. The number of nitrogens with zero attached hydrogens (tertiary/aromatic N) is 1. The number of aryl methyl sites for hydroxylation is 1. The number of imide groups is 1. The van der Waals surface area contributed by atoms with Crippen LogP contribution in [0.2, 0.25) is 0 Å². The molecule has 1 fully saturated rings. The van der Waals surface area contributed by atoms with Crippen molar-refractivity contribution in [1.29, 1.82) is 0 Å². The Bertz CT molecular complexity index is 635. The van der Waals surface area contributed by atoms with Gasteiger partial charge in [0.1, 0.15) is 0 Å². The summed E-state index contributed by atoms with van der Waals surface area (Å²) in [7, 11) is 0. The fourth-order valence-electron chi connectivity index (χ4n) is 2.53. The van der Waals surface area contributed by atoms with Gasteiger partial charge in [-0.3, -0.25) is 14.5 Å². The van der Waals surface area contributed by atoms with E-state index in [2.05, 4.69) is 0 Å². The molecule has 2 rings (SSSR count). The van der Waals surface area contributed by atoms with Crippen LogP contribution in [0.15, 0.2) is 18.2 Å². The Kier molecular flexibility index (Phi) is 3.61. The molecule has 0 aliphatic carbocycles. The summed E-state index contributed by atoms with van der Waals surface area (Å²) in [6.07, 6.45) is 0.153. The number of rotatable bonds is 3. The van der Waals surface area contributed by atoms with E-state index < -0.39 is 11.4 Å². The van der Waals surface area contributed by atoms with Crippen LogP contribution < -0.4 is 4.90 Å². The molecule has 1 atom stereocenters. The summed E-state index contributed by atoms with van der Waals surface area (Å²) in [6, 6.07) is 4.62. The zero-order chi connectivity index (χ0) is 15.9. The number of aromatic carboxylic acids is 1. The molecule has 1 N–H and O–H groups in total. The van der Waals surface area contributed by atoms with E-state index in [1.807, 2.05) is 13.8 Å². The Balaban J connectivity index is 2.48. The number of carbonyl (C=O) groups is 3. The van der Waals surface area contributed by atoms with Crippen LogP contribution >= 0.6 is 0 Å². The van der Waals surface area contributed by atoms with E-state index >= 15 is 0 Å². The largest absolute Gasteiger partial charge is 0.478 e. The summed E-state index contributed by atoms with van der Waals surface area (Å²) in [4.78, 5) is 37.1. The van der Waals surface area contributed by atoms with Gasteiger partial charge in [-0.2, -0.15) is 0 Å². The molecule has 0 spiro atoms. The number of carbonyl (C=O) groups excluding carboxylic acids is 2. The van der Waals surface area contributed by atoms with E-state index in [0.29, 0.717) is 11.3 Å². The van der Waals surface area contributed by atoms with E-state index in [0.717, 1.165) is 4.90 Å². The molecule has 112 valence electrons. The van der Waals surface area contributed by atoms with Crippen molar-refractivity contribution in [2.75, 3.05) is 4.90 Å². The summed E-state index contributed by atoms with van der Waals surface area (Å²) in [5.74, 6) is -1.58. The Morgan fingerprint density at radius 1 is 1.33 bits per heavy atom. The maximum absolute atomic E-state index is 12.6. The minimum absolute atomic E-state index is 0.0309. The van der Waals surface area contributed by atoms with Crippen molar-refractivity contribution < 1.29 is 19.5 Å². The number of carboxylic acid groups (broad SMARTS) is 1. The monoisotopic (exact) mass is 289 g/mol. The standard InChI is InChI=1S/C16H19NO4/c1-9(2)16(4)8-13(18)17(15(16)21)11-6-5-10(3)12(7-11)14(19)20/h5-7,9H,8H2,1-4H3,(H,19,20). The molecule has 1 unspecified atom stereocenters. The molecule has 5 heteroatoms. The molecule has 1 aliphatic heterocycles. The quantitative estimate of drug-likeness (QED) is 0.868. The maximum Gasteiger partial charge on any atom is 0.336 e. The summed E-state index contributed by atoms with van der Waals surface area (Å²) < 4.78 is 0. The zero-order valence-electron chi connectivity index (χ0n) is 12.6. The first-order chi connectivity index (χ1) is 9.68. The van der Waals surface area contributed by atoms with Gasteiger partial charge in [-0.05, 0) is 37.5 Å². The lowest BCUT2D eigenvalue weighted by atomic mass is 9.78. The fourth-order valence-corrected chi connectivity index (χ4v) is 2.53. The molecule has 21 heavy (non-hydrogen) atoms. The molecule has 1 aromatic carbocycles. The molecule has 1 aliphatic rings. The van der Waals surface area contributed by atoms with E-state index in [1.54, 1.807) is 26.0 Å². The number of anilines is 1. The topological polar surface area (TPSA) is 74.7 Å². The normalized spacial score (nSPS) is 22.2. The van der Waals surface area contributed by atoms with Crippen LogP contribution in [-0.4, -0.2) is 22.9 Å². The SMILES string of the molecule is Cc1ccc(N2C(=O)CC(C)(C(C)C)C2=O)cc1C(=O)O. The van der Waals surface area contributed by atoms with Crippen molar-refractivity contribution in [3.05, 3.63) is 29.3 Å². The molecule has 1 saturated heterocycles. The van der Waals surface area contributed by atoms with Gasteiger partial charge < -0.3 is 5.11 Å². The highest BCUT2D eigenvalue weighted by Gasteiger charge is 2.50. The minimum Gasteiger partial charge on any atom is -0.478 e. The van der Waals surface area contributed by atoms with E-state index in [9.17, 15) is 14.4 Å². The van der Waals surface area contributed by atoms with Crippen molar-refractivity contribution in [2.45, 2.75) is 34.1 Å². The maximum atomic E-state index is 12.6. The second kappa shape index (κ2) is 4.98. The van der Waals surface area contributed by atoms with Crippen LogP contribution in [0.5, 0.6) is 0 Å². The first-order valence-corrected chi connectivity index (χ1v) is 6.90. The lowest BCUT2D eigenvalue weighted by molar-refractivity contribution is -0.126. The van der Waals surface area contributed by atoms with Gasteiger partial charge in [0.2, 0.25) is 11.8 Å². The second-order valence-corrected chi connectivity index (χ2v) is 6.09. The molecule has 0 bridgehead atoms. The smallest absolute Gasteiger partial charge is 0.336 e. The molecule has 5 nitrogen and oxygen atoms in total. The van der Waals surface area contributed by atoms with Crippen LogP contribution in [0.3, 0.4) is 0 Å². The first-order valence-electron chi connectivity index (χ1n) is 6.90. The van der Waals surface area contributed by atoms with Gasteiger partial charge in [0, 0.05) is 6.42 Å². The summed E-state index contributed by atoms with van der Waals surface area (Å²) >= 11 is 0.